The lowest BCUT2D eigenvalue weighted by Crippen LogP contribution is -2.40. The Labute approximate surface area is 134 Å². The van der Waals surface area contributed by atoms with E-state index in [1.165, 1.54) is 24.3 Å². The number of likely N-dealkylation sites (tertiary alicyclic amines) is 1. The molecule has 0 bridgehead atoms. The van der Waals surface area contributed by atoms with Crippen LogP contribution >= 0.6 is 0 Å². The maximum atomic E-state index is 12.1. The van der Waals surface area contributed by atoms with Gasteiger partial charge in [-0.1, -0.05) is 12.1 Å². The minimum atomic E-state index is -2.88. The summed E-state index contributed by atoms with van der Waals surface area (Å²) in [5.41, 5.74) is 0.529. The highest BCUT2D eigenvalue weighted by Gasteiger charge is 2.22. The van der Waals surface area contributed by atoms with Crippen LogP contribution in [-0.4, -0.2) is 48.2 Å². The molecule has 0 spiro atoms. The zero-order chi connectivity index (χ0) is 16.8. The molecule has 2 rings (SSSR count). The molecule has 0 radical (unpaired) electrons. The summed E-state index contributed by atoms with van der Waals surface area (Å²) < 4.78 is 28.4. The van der Waals surface area contributed by atoms with Crippen LogP contribution < -0.4 is 10.1 Å². The van der Waals surface area contributed by atoms with Crippen molar-refractivity contribution in [2.24, 2.45) is 0 Å². The number of ether oxygens (including phenoxy) is 1. The number of alkyl halides is 2. The molecule has 128 valence electrons. The molecule has 1 aromatic carbocycles. The maximum Gasteiger partial charge on any atom is 0.387 e. The number of carbonyl (C=O) groups excluding carboxylic acids is 1. The second-order valence-electron chi connectivity index (χ2n) is 5.73. The molecular formula is C16H22F2N2O3. The number of aliphatic hydroxyl groups is 1. The van der Waals surface area contributed by atoms with Crippen molar-refractivity contribution in [3.05, 3.63) is 29.8 Å². The number of rotatable bonds is 7. The van der Waals surface area contributed by atoms with E-state index in [2.05, 4.69) is 21.9 Å². The summed E-state index contributed by atoms with van der Waals surface area (Å²) in [6, 6.07) is 6.12. The van der Waals surface area contributed by atoms with Gasteiger partial charge in [0.1, 0.15) is 5.75 Å². The molecule has 2 atom stereocenters. The Morgan fingerprint density at radius 1 is 1.43 bits per heavy atom. The summed E-state index contributed by atoms with van der Waals surface area (Å²) in [5, 5.41) is 12.7. The Kier molecular flexibility index (Phi) is 6.29. The van der Waals surface area contributed by atoms with Gasteiger partial charge >= 0.3 is 6.61 Å². The van der Waals surface area contributed by atoms with Crippen molar-refractivity contribution in [1.82, 2.24) is 10.2 Å². The highest BCUT2D eigenvalue weighted by molar-refractivity contribution is 5.78. The number of amides is 1. The first-order valence-corrected chi connectivity index (χ1v) is 7.69. The summed E-state index contributed by atoms with van der Waals surface area (Å²) in [6.07, 6.45) is 1.31. The van der Waals surface area contributed by atoms with E-state index in [0.717, 1.165) is 19.4 Å². The van der Waals surface area contributed by atoms with Crippen LogP contribution in [-0.2, 0) is 4.79 Å². The van der Waals surface area contributed by atoms with E-state index in [-0.39, 0.29) is 18.2 Å². The highest BCUT2D eigenvalue weighted by Crippen LogP contribution is 2.19. The average Bonchev–Trinajstić information content (AvgIpc) is 2.90. The first kappa shape index (κ1) is 17.6. The monoisotopic (exact) mass is 328 g/mol. The first-order chi connectivity index (χ1) is 11.0. The van der Waals surface area contributed by atoms with E-state index < -0.39 is 12.7 Å². The van der Waals surface area contributed by atoms with Gasteiger partial charge in [0, 0.05) is 12.6 Å². The molecule has 2 unspecified atom stereocenters. The Morgan fingerprint density at radius 2 is 2.13 bits per heavy atom. The molecule has 1 aromatic rings. The van der Waals surface area contributed by atoms with Gasteiger partial charge in [-0.05, 0) is 44.0 Å². The van der Waals surface area contributed by atoms with Crippen LogP contribution in [0.4, 0.5) is 8.78 Å². The summed E-state index contributed by atoms with van der Waals surface area (Å²) in [5.74, 6) is -0.0986. The average molecular weight is 328 g/mol. The van der Waals surface area contributed by atoms with Crippen molar-refractivity contribution in [3.63, 3.8) is 0 Å². The van der Waals surface area contributed by atoms with Gasteiger partial charge in [-0.3, -0.25) is 9.69 Å². The quantitative estimate of drug-likeness (QED) is 0.803. The predicted octanol–water partition coefficient (Wildman–Crippen LogP) is 1.92. The van der Waals surface area contributed by atoms with Crippen LogP contribution in [0.15, 0.2) is 24.3 Å². The number of halogens is 2. The second kappa shape index (κ2) is 8.21. The lowest BCUT2D eigenvalue weighted by molar-refractivity contribution is -0.122. The molecule has 23 heavy (non-hydrogen) atoms. The van der Waals surface area contributed by atoms with Crippen molar-refractivity contribution in [3.8, 4) is 5.75 Å². The van der Waals surface area contributed by atoms with E-state index in [1.54, 1.807) is 0 Å². The van der Waals surface area contributed by atoms with Gasteiger partial charge in [-0.2, -0.15) is 8.78 Å². The van der Waals surface area contributed by atoms with Gasteiger partial charge in [-0.15, -0.1) is 0 Å². The molecule has 7 heteroatoms. The zero-order valence-corrected chi connectivity index (χ0v) is 13.0. The first-order valence-electron chi connectivity index (χ1n) is 7.69. The lowest BCUT2D eigenvalue weighted by Gasteiger charge is -2.20. The number of hydrogen-bond donors (Lipinski definition) is 2. The number of aliphatic hydroxyl groups excluding tert-OH is 1. The summed E-state index contributed by atoms with van der Waals surface area (Å²) in [4.78, 5) is 14.0. The summed E-state index contributed by atoms with van der Waals surface area (Å²) in [7, 11) is 0. The third kappa shape index (κ3) is 5.44. The normalized spacial score (nSPS) is 19.8. The Bertz CT molecular complexity index is 511. The fourth-order valence-electron chi connectivity index (χ4n) is 2.67. The van der Waals surface area contributed by atoms with Crippen LogP contribution in [0.5, 0.6) is 5.75 Å². The Balaban J connectivity index is 1.77. The van der Waals surface area contributed by atoms with Gasteiger partial charge in [0.2, 0.25) is 5.91 Å². The van der Waals surface area contributed by atoms with Gasteiger partial charge in [0.05, 0.1) is 12.6 Å². The molecule has 1 aliphatic heterocycles. The molecule has 0 aliphatic carbocycles. The van der Waals surface area contributed by atoms with E-state index in [9.17, 15) is 18.7 Å². The zero-order valence-electron chi connectivity index (χ0n) is 13.0. The molecular weight excluding hydrogens is 306 g/mol. The SMILES string of the molecule is CC1CCCN1CC(=O)NCC(O)c1ccc(OC(F)F)cc1. The van der Waals surface area contributed by atoms with Crippen LogP contribution in [0, 0.1) is 0 Å². The smallest absolute Gasteiger partial charge is 0.387 e. The van der Waals surface area contributed by atoms with Gasteiger partial charge in [-0.25, -0.2) is 0 Å². The Hall–Kier alpha value is -1.73. The predicted molar refractivity (Wildman–Crippen MR) is 81.3 cm³/mol. The third-order valence-electron chi connectivity index (χ3n) is 4.02. The minimum Gasteiger partial charge on any atom is -0.435 e. The molecule has 1 fully saturated rings. The molecule has 5 nitrogen and oxygen atoms in total. The molecule has 0 saturated carbocycles. The highest BCUT2D eigenvalue weighted by atomic mass is 19.3. The molecule has 1 heterocycles. The van der Waals surface area contributed by atoms with Crippen molar-refractivity contribution in [2.75, 3.05) is 19.6 Å². The van der Waals surface area contributed by atoms with Crippen LogP contribution in [0.25, 0.3) is 0 Å². The summed E-state index contributed by atoms with van der Waals surface area (Å²) in [6.45, 7) is 0.546. The van der Waals surface area contributed by atoms with E-state index >= 15 is 0 Å². The van der Waals surface area contributed by atoms with Crippen molar-refractivity contribution in [2.45, 2.75) is 38.5 Å². The Morgan fingerprint density at radius 3 is 2.70 bits per heavy atom. The van der Waals surface area contributed by atoms with E-state index in [4.69, 9.17) is 0 Å². The van der Waals surface area contributed by atoms with Crippen LogP contribution in [0.1, 0.15) is 31.4 Å². The molecule has 1 amide bonds. The molecule has 1 saturated heterocycles. The van der Waals surface area contributed by atoms with Crippen molar-refractivity contribution in [1.29, 1.82) is 0 Å². The summed E-state index contributed by atoms with van der Waals surface area (Å²) >= 11 is 0. The maximum absolute atomic E-state index is 12.1. The van der Waals surface area contributed by atoms with E-state index in [1.807, 2.05) is 0 Å². The van der Waals surface area contributed by atoms with Gasteiger partial charge in [0.15, 0.2) is 0 Å². The fourth-order valence-corrected chi connectivity index (χ4v) is 2.67. The van der Waals surface area contributed by atoms with Crippen molar-refractivity contribution < 1.29 is 23.4 Å². The largest absolute Gasteiger partial charge is 0.435 e. The number of benzene rings is 1. The third-order valence-corrected chi connectivity index (χ3v) is 4.02. The number of nitrogens with one attached hydrogen (secondary N) is 1. The van der Waals surface area contributed by atoms with E-state index in [0.29, 0.717) is 18.2 Å². The number of nitrogens with zero attached hydrogens (tertiary/aromatic N) is 1. The standard InChI is InChI=1S/C16H22F2N2O3/c1-11-3-2-8-20(11)10-15(22)19-9-14(21)12-4-6-13(7-5-12)23-16(17)18/h4-7,11,14,16,21H,2-3,8-10H2,1H3,(H,19,22). The topological polar surface area (TPSA) is 61.8 Å². The number of carbonyl (C=O) groups is 1. The molecule has 2 N–H and O–H groups in total. The fraction of sp³-hybridized carbons (Fsp3) is 0.562. The van der Waals surface area contributed by atoms with Gasteiger partial charge in [0.25, 0.3) is 0 Å². The number of hydrogen-bond acceptors (Lipinski definition) is 4. The second-order valence-corrected chi connectivity index (χ2v) is 5.73. The van der Waals surface area contributed by atoms with Crippen LogP contribution in [0.2, 0.25) is 0 Å². The van der Waals surface area contributed by atoms with Gasteiger partial charge < -0.3 is 15.2 Å². The van der Waals surface area contributed by atoms with Crippen LogP contribution in [0.3, 0.4) is 0 Å². The minimum absolute atomic E-state index is 0.0306. The van der Waals surface area contributed by atoms with Crippen molar-refractivity contribution >= 4 is 5.91 Å². The molecule has 0 aromatic heterocycles. The lowest BCUT2D eigenvalue weighted by atomic mass is 10.1. The molecule has 1 aliphatic rings.